The summed E-state index contributed by atoms with van der Waals surface area (Å²) >= 11 is 1.57. The first-order valence-electron chi connectivity index (χ1n) is 1.55. The van der Waals surface area contributed by atoms with Gasteiger partial charge in [-0.3, -0.25) is 4.99 Å². The van der Waals surface area contributed by atoms with E-state index in [1.165, 1.54) is 0 Å². The molecule has 0 aliphatic carbocycles. The third-order valence-corrected chi connectivity index (χ3v) is 0.927. The van der Waals surface area contributed by atoms with E-state index in [4.69, 9.17) is 0 Å². The maximum Gasteiger partial charge on any atom is 0.194 e. The van der Waals surface area contributed by atoms with Crippen molar-refractivity contribution in [2.45, 2.75) is 0 Å². The Hall–Kier alpha value is -0.310. The lowest BCUT2D eigenvalue weighted by Crippen LogP contribution is -1.79. The van der Waals surface area contributed by atoms with Crippen LogP contribution in [0.5, 0.6) is 0 Å². The molecule has 0 aromatic carbocycles. The summed E-state index contributed by atoms with van der Waals surface area (Å²) in [5.41, 5.74) is 1.73. The van der Waals surface area contributed by atoms with Crippen LogP contribution in [0.15, 0.2) is 9.98 Å². The average molecular weight is 99.1 g/mol. The average Bonchev–Trinajstić information content (AvgIpc) is 1.72. The summed E-state index contributed by atoms with van der Waals surface area (Å²) in [4.78, 5) is 7.29. The lowest BCUT2D eigenvalue weighted by atomic mass is 11.2. The first kappa shape index (κ1) is 3.87. The van der Waals surface area contributed by atoms with Gasteiger partial charge in [-0.25, -0.2) is 4.99 Å². The van der Waals surface area contributed by atoms with Gasteiger partial charge in [0.25, 0.3) is 0 Å². The molecule has 0 unspecified atom stereocenters. The molecule has 0 bridgehead atoms. The zero-order chi connectivity index (χ0) is 4.24. The number of aliphatic imine (C=N–C) groups is 2. The Morgan fingerprint density at radius 3 is 3.00 bits per heavy atom. The Labute approximate surface area is 40.4 Å². The van der Waals surface area contributed by atoms with Crippen LogP contribution in [0.25, 0.3) is 0 Å². The zero-order valence-electron chi connectivity index (χ0n) is 3.09. The molecule has 1 heterocycles. The molecule has 0 fully saturated rings. The normalized spacial score (nSPS) is 18.7. The summed E-state index contributed by atoms with van der Waals surface area (Å²) in [5.74, 6) is 0.781. The van der Waals surface area contributed by atoms with Gasteiger partial charge in [0.05, 0.1) is 11.4 Å². The minimum Gasteiger partial charge on any atom is -0.252 e. The molecule has 0 atom stereocenters. The van der Waals surface area contributed by atoms with Crippen molar-refractivity contribution in [3.63, 3.8) is 0 Å². The first-order valence-corrected chi connectivity index (χ1v) is 2.59. The van der Waals surface area contributed by atoms with Crippen LogP contribution in [0.1, 0.15) is 0 Å². The second-order valence-electron chi connectivity index (χ2n) is 0.788. The summed E-state index contributed by atoms with van der Waals surface area (Å²) in [7, 11) is 0. The van der Waals surface area contributed by atoms with Gasteiger partial charge in [0.15, 0.2) is 6.34 Å². The van der Waals surface area contributed by atoms with Crippen molar-refractivity contribution in [1.82, 2.24) is 0 Å². The van der Waals surface area contributed by atoms with E-state index in [0.29, 0.717) is 0 Å². The molecule has 0 saturated heterocycles. The highest BCUT2D eigenvalue weighted by Gasteiger charge is 1.80. The maximum atomic E-state index is 3.69. The minimum absolute atomic E-state index is 0.781. The largest absolute Gasteiger partial charge is 0.252 e. The van der Waals surface area contributed by atoms with Crippen molar-refractivity contribution in [2.24, 2.45) is 9.98 Å². The number of hydrogen-bond donors (Lipinski definition) is 0. The number of hydrogen-bond acceptors (Lipinski definition) is 3. The molecular weight excluding hydrogens is 96.1 g/mol. The van der Waals surface area contributed by atoms with E-state index in [0.717, 1.165) is 5.88 Å². The van der Waals surface area contributed by atoms with Crippen LogP contribution >= 0.6 is 11.8 Å². The van der Waals surface area contributed by atoms with Gasteiger partial charge in [0.2, 0.25) is 0 Å². The quantitative estimate of drug-likeness (QED) is 0.437. The minimum atomic E-state index is 0.781. The molecule has 2 nitrogen and oxygen atoms in total. The number of rotatable bonds is 0. The molecule has 1 aliphatic heterocycles. The van der Waals surface area contributed by atoms with E-state index >= 15 is 0 Å². The molecule has 3 heteroatoms. The molecule has 0 aromatic heterocycles. The molecule has 1 aliphatic rings. The van der Waals surface area contributed by atoms with Crippen LogP contribution in [0, 0.1) is 0 Å². The number of nitrogens with zero attached hydrogens (tertiary/aromatic N) is 2. The molecule has 1 rings (SSSR count). The zero-order valence-corrected chi connectivity index (χ0v) is 3.90. The molecule has 6 heavy (non-hydrogen) atoms. The van der Waals surface area contributed by atoms with Gasteiger partial charge in [-0.2, -0.15) is 0 Å². The van der Waals surface area contributed by atoms with Crippen molar-refractivity contribution >= 4 is 23.6 Å². The van der Waals surface area contributed by atoms with Gasteiger partial charge < -0.3 is 0 Å². The van der Waals surface area contributed by atoms with E-state index in [2.05, 4.69) is 16.3 Å². The first-order chi connectivity index (χ1) is 3.00. The van der Waals surface area contributed by atoms with Crippen molar-refractivity contribution < 1.29 is 0 Å². The summed E-state index contributed by atoms with van der Waals surface area (Å²) in [6.07, 6.45) is 2.46. The predicted octanol–water partition coefficient (Wildman–Crippen LogP) is 0.624. The molecule has 0 aromatic rings. The Morgan fingerprint density at radius 1 is 1.83 bits per heavy atom. The smallest absolute Gasteiger partial charge is 0.194 e. The molecular formula is C3H3N2S. The monoisotopic (exact) mass is 99.0 g/mol. The lowest BCUT2D eigenvalue weighted by molar-refractivity contribution is 1.38. The van der Waals surface area contributed by atoms with Crippen molar-refractivity contribution in [3.05, 3.63) is 0 Å². The van der Waals surface area contributed by atoms with Crippen molar-refractivity contribution in [2.75, 3.05) is 5.88 Å². The van der Waals surface area contributed by atoms with Crippen LogP contribution in [0.3, 0.4) is 0 Å². The molecule has 31 valence electrons. The third-order valence-electron chi connectivity index (χ3n) is 0.395. The molecule has 0 amide bonds. The van der Waals surface area contributed by atoms with Crippen molar-refractivity contribution in [1.29, 1.82) is 0 Å². The second kappa shape index (κ2) is 1.97. The molecule has 0 saturated carbocycles. The second-order valence-corrected chi connectivity index (χ2v) is 1.59. The highest BCUT2D eigenvalue weighted by molar-refractivity contribution is 8.12. The fraction of sp³-hybridized carbons (Fsp3) is 0.333. The van der Waals surface area contributed by atoms with E-state index < -0.39 is 0 Å². The SMILES string of the molecule is [C]1=NCSC=N1. The summed E-state index contributed by atoms with van der Waals surface area (Å²) in [5, 5.41) is 0. The van der Waals surface area contributed by atoms with Gasteiger partial charge >= 0.3 is 0 Å². The van der Waals surface area contributed by atoms with Gasteiger partial charge in [-0.05, 0) is 0 Å². The topological polar surface area (TPSA) is 24.7 Å². The van der Waals surface area contributed by atoms with Crippen LogP contribution in [0.2, 0.25) is 0 Å². The van der Waals surface area contributed by atoms with E-state index in [-0.39, 0.29) is 0 Å². The predicted molar refractivity (Wildman–Crippen MR) is 28.4 cm³/mol. The van der Waals surface area contributed by atoms with Crippen LogP contribution in [-0.4, -0.2) is 17.8 Å². The van der Waals surface area contributed by atoms with E-state index in [1.54, 1.807) is 17.3 Å². The number of thioether (sulfide) groups is 1. The summed E-state index contributed by atoms with van der Waals surface area (Å²) < 4.78 is 0. The Balaban J connectivity index is 2.46. The summed E-state index contributed by atoms with van der Waals surface area (Å²) in [6, 6.07) is 0. The van der Waals surface area contributed by atoms with E-state index in [9.17, 15) is 0 Å². The molecule has 1 radical (unpaired) electrons. The Bertz CT molecular complexity index is 74.8. The Morgan fingerprint density at radius 2 is 2.83 bits per heavy atom. The van der Waals surface area contributed by atoms with Gasteiger partial charge in [-0.1, -0.05) is 11.8 Å². The molecule has 0 spiro atoms. The summed E-state index contributed by atoms with van der Waals surface area (Å²) in [6.45, 7) is 0. The fourth-order valence-electron chi connectivity index (χ4n) is 0.201. The highest BCUT2D eigenvalue weighted by atomic mass is 32.2. The highest BCUT2D eigenvalue weighted by Crippen LogP contribution is 1.96. The maximum absolute atomic E-state index is 3.69. The van der Waals surface area contributed by atoms with Gasteiger partial charge in [0.1, 0.15) is 0 Å². The van der Waals surface area contributed by atoms with Crippen molar-refractivity contribution in [3.8, 4) is 0 Å². The van der Waals surface area contributed by atoms with E-state index in [1.807, 2.05) is 0 Å². The lowest BCUT2D eigenvalue weighted by Gasteiger charge is -1.86. The Kier molecular flexibility index (Phi) is 1.27. The van der Waals surface area contributed by atoms with Gasteiger partial charge in [0, 0.05) is 0 Å². The molecule has 0 N–H and O–H groups in total. The fourth-order valence-corrected chi connectivity index (χ4v) is 0.522. The standard InChI is InChI=1S/C3H3N2S/c1-4-2-6-3-5-1/h2H,3H2. The third kappa shape index (κ3) is 0.825. The van der Waals surface area contributed by atoms with Gasteiger partial charge in [-0.15, -0.1) is 0 Å². The van der Waals surface area contributed by atoms with Crippen LogP contribution in [-0.2, 0) is 0 Å². The van der Waals surface area contributed by atoms with Crippen LogP contribution in [0.4, 0.5) is 0 Å². The van der Waals surface area contributed by atoms with Crippen LogP contribution < -0.4 is 0 Å².